The zero-order valence-electron chi connectivity index (χ0n) is 25.8. The molecule has 0 spiro atoms. The Balaban J connectivity index is 1.59. The zero-order chi connectivity index (χ0) is 33.0. The van der Waals surface area contributed by atoms with Crippen LogP contribution in [0.1, 0.15) is 67.6 Å². The third-order valence-electron chi connectivity index (χ3n) is 6.07. The van der Waals surface area contributed by atoms with Gasteiger partial charge in [-0.3, -0.25) is 22.9 Å². The molecule has 3 aromatic rings. The minimum Gasteiger partial charge on any atom is -0.454 e. The summed E-state index contributed by atoms with van der Waals surface area (Å²) in [5, 5.41) is 0.427. The van der Waals surface area contributed by atoms with Gasteiger partial charge in [0, 0.05) is 11.8 Å². The number of ether oxygens (including phenoxy) is 1. The van der Waals surface area contributed by atoms with Crippen LogP contribution in [0.15, 0.2) is 77.7 Å². The third-order valence-corrected chi connectivity index (χ3v) is 9.60. The van der Waals surface area contributed by atoms with Gasteiger partial charge in [0.25, 0.3) is 5.91 Å². The third kappa shape index (κ3) is 9.57. The van der Waals surface area contributed by atoms with E-state index in [9.17, 15) is 18.9 Å². The number of nitrogens with one attached hydrogen (secondary N) is 1. The van der Waals surface area contributed by atoms with E-state index < -0.39 is 66.1 Å². The monoisotopic (exact) mass is 661 g/mol. The van der Waals surface area contributed by atoms with Crippen molar-refractivity contribution in [2.75, 3.05) is 11.9 Å². The number of nitrogens with zero attached hydrogens (tertiary/aromatic N) is 2. The number of carbonyl (C=O) groups is 2. The van der Waals surface area contributed by atoms with Crippen LogP contribution < -0.4 is 11.0 Å². The predicted octanol–water partition coefficient (Wildman–Crippen LogP) is 6.43. The van der Waals surface area contributed by atoms with Gasteiger partial charge in [0.1, 0.15) is 11.2 Å². The number of alkyl halides is 1. The van der Waals surface area contributed by atoms with Crippen molar-refractivity contribution in [3.05, 3.63) is 94.5 Å². The van der Waals surface area contributed by atoms with Crippen LogP contribution in [0.4, 0.5) is 10.2 Å². The number of anilines is 1. The van der Waals surface area contributed by atoms with Crippen molar-refractivity contribution in [3.8, 4) is 0 Å². The van der Waals surface area contributed by atoms with E-state index in [-0.39, 0.29) is 11.4 Å². The maximum Gasteiger partial charge on any atom is 0.475 e. The number of amides is 1. The van der Waals surface area contributed by atoms with Gasteiger partial charge in [-0.15, -0.1) is 11.8 Å². The van der Waals surface area contributed by atoms with Crippen LogP contribution >= 0.6 is 19.6 Å². The standard InChI is InChI=1S/C31H37FN3O8PS/c1-30(2,3)42-44(39,43-31(4,5)6)40-19-22-25(41-28(37)21-15-11-8-12-16-21)24(32)27(45-22)35-18-17-23(34-29(35)38)33-26(36)20-13-9-7-10-14-20/h7-18,22,24-25,27H,19H2,1-6H3,(H,33,34,36,38)/t22-,24+,25-,27-/m1/s1. The summed E-state index contributed by atoms with van der Waals surface area (Å²) in [5.41, 5.74) is -2.09. The molecule has 1 fully saturated rings. The normalized spacial score (nSPS) is 20.5. The van der Waals surface area contributed by atoms with Crippen LogP contribution in [0.2, 0.25) is 0 Å². The molecule has 1 amide bonds. The first-order valence-corrected chi connectivity index (χ1v) is 16.6. The molecule has 242 valence electrons. The lowest BCUT2D eigenvalue weighted by Gasteiger charge is -2.31. The van der Waals surface area contributed by atoms with Crippen molar-refractivity contribution in [1.29, 1.82) is 0 Å². The predicted molar refractivity (Wildman–Crippen MR) is 169 cm³/mol. The minimum absolute atomic E-state index is 0.0185. The molecule has 4 rings (SSSR count). The van der Waals surface area contributed by atoms with Crippen LogP contribution in [0, 0.1) is 0 Å². The quantitative estimate of drug-likeness (QED) is 0.191. The number of thioether (sulfide) groups is 1. The Labute approximate surface area is 265 Å². The van der Waals surface area contributed by atoms with E-state index >= 15 is 4.39 Å². The first-order valence-electron chi connectivity index (χ1n) is 14.2. The number of carbonyl (C=O) groups excluding carboxylic acids is 2. The van der Waals surface area contributed by atoms with Crippen LogP contribution in [0.5, 0.6) is 0 Å². The maximum absolute atomic E-state index is 16.2. The Morgan fingerprint density at radius 1 is 0.933 bits per heavy atom. The van der Waals surface area contributed by atoms with E-state index in [1.165, 1.54) is 24.4 Å². The first-order chi connectivity index (χ1) is 21.0. The van der Waals surface area contributed by atoms with E-state index in [0.29, 0.717) is 5.56 Å². The Morgan fingerprint density at radius 2 is 1.49 bits per heavy atom. The van der Waals surface area contributed by atoms with E-state index in [1.54, 1.807) is 90.1 Å². The second-order valence-corrected chi connectivity index (χ2v) is 15.1. The molecule has 0 unspecified atom stereocenters. The number of esters is 1. The Bertz CT molecular complexity index is 1570. The van der Waals surface area contributed by atoms with Crippen molar-refractivity contribution >= 4 is 37.3 Å². The minimum atomic E-state index is -4.20. The molecule has 11 nitrogen and oxygen atoms in total. The fourth-order valence-corrected chi connectivity index (χ4v) is 7.71. The molecule has 1 saturated heterocycles. The van der Waals surface area contributed by atoms with Gasteiger partial charge in [-0.2, -0.15) is 4.98 Å². The summed E-state index contributed by atoms with van der Waals surface area (Å²) in [6.07, 6.45) is -2.00. The molecular weight excluding hydrogens is 624 g/mol. The molecule has 1 N–H and O–H groups in total. The van der Waals surface area contributed by atoms with Crippen molar-refractivity contribution in [2.24, 2.45) is 0 Å². The van der Waals surface area contributed by atoms with Gasteiger partial charge in [0.2, 0.25) is 0 Å². The highest BCUT2D eigenvalue weighted by molar-refractivity contribution is 8.00. The Hall–Kier alpha value is -3.35. The van der Waals surface area contributed by atoms with Crippen LogP contribution in [-0.2, 0) is 22.9 Å². The number of phosphoric ester groups is 1. The second-order valence-electron chi connectivity index (χ2n) is 12.2. The molecule has 0 saturated carbocycles. The summed E-state index contributed by atoms with van der Waals surface area (Å²) >= 11 is 0.951. The fourth-order valence-electron chi connectivity index (χ4n) is 4.32. The molecule has 0 aliphatic carbocycles. The van der Waals surface area contributed by atoms with Gasteiger partial charge < -0.3 is 10.1 Å². The van der Waals surface area contributed by atoms with E-state index in [1.807, 2.05) is 0 Å². The summed E-state index contributed by atoms with van der Waals surface area (Å²) in [5.74, 6) is -1.27. The van der Waals surface area contributed by atoms with Crippen molar-refractivity contribution in [3.63, 3.8) is 0 Å². The van der Waals surface area contributed by atoms with E-state index in [4.69, 9.17) is 18.3 Å². The first kappa shape index (κ1) is 34.5. The molecule has 2 aromatic carbocycles. The van der Waals surface area contributed by atoms with E-state index in [2.05, 4.69) is 10.3 Å². The molecule has 4 atom stereocenters. The lowest BCUT2D eigenvalue weighted by atomic mass is 10.1. The highest BCUT2D eigenvalue weighted by atomic mass is 32.2. The molecule has 1 aromatic heterocycles. The molecule has 0 bridgehead atoms. The number of hydrogen-bond donors (Lipinski definition) is 1. The van der Waals surface area contributed by atoms with Crippen LogP contribution in [-0.4, -0.2) is 56.8 Å². The average Bonchev–Trinajstić information content (AvgIpc) is 3.25. The number of phosphoric acid groups is 1. The fraction of sp³-hybridized carbons (Fsp3) is 0.419. The molecule has 1 aliphatic heterocycles. The summed E-state index contributed by atoms with van der Waals surface area (Å²) < 4.78 is 53.7. The smallest absolute Gasteiger partial charge is 0.454 e. The highest BCUT2D eigenvalue weighted by Gasteiger charge is 2.50. The highest BCUT2D eigenvalue weighted by Crippen LogP contribution is 2.56. The van der Waals surface area contributed by atoms with Gasteiger partial charge in [0.15, 0.2) is 12.3 Å². The molecular formula is C31H37FN3O8PS. The maximum atomic E-state index is 16.2. The van der Waals surface area contributed by atoms with Gasteiger partial charge in [-0.1, -0.05) is 36.4 Å². The lowest BCUT2D eigenvalue weighted by Crippen LogP contribution is -2.37. The summed E-state index contributed by atoms with van der Waals surface area (Å²) in [7, 11) is -4.20. The van der Waals surface area contributed by atoms with Gasteiger partial charge in [0.05, 0.1) is 28.6 Å². The van der Waals surface area contributed by atoms with Crippen LogP contribution in [0.25, 0.3) is 0 Å². The summed E-state index contributed by atoms with van der Waals surface area (Å²) in [4.78, 5) is 42.5. The topological polar surface area (TPSA) is 135 Å². The van der Waals surface area contributed by atoms with Gasteiger partial charge in [-0.05, 0) is 71.9 Å². The molecule has 2 heterocycles. The zero-order valence-corrected chi connectivity index (χ0v) is 27.5. The Morgan fingerprint density at radius 3 is 2.02 bits per heavy atom. The second kappa shape index (κ2) is 14.0. The Kier molecular flexibility index (Phi) is 10.7. The number of rotatable bonds is 10. The largest absolute Gasteiger partial charge is 0.475 e. The van der Waals surface area contributed by atoms with Crippen LogP contribution in [0.3, 0.4) is 0 Å². The number of halogens is 1. The number of aromatic nitrogens is 2. The summed E-state index contributed by atoms with van der Waals surface area (Å²) in [6, 6.07) is 17.8. The van der Waals surface area contributed by atoms with Crippen molar-refractivity contribution < 1.29 is 36.9 Å². The summed E-state index contributed by atoms with van der Waals surface area (Å²) in [6.45, 7) is 9.70. The number of hydrogen-bond acceptors (Lipinski definition) is 10. The molecule has 14 heteroatoms. The average molecular weight is 662 g/mol. The molecule has 0 radical (unpaired) electrons. The van der Waals surface area contributed by atoms with Gasteiger partial charge in [-0.25, -0.2) is 18.5 Å². The SMILES string of the molecule is CC(C)(C)OP(=O)(OC[C@H]1S[C@@H](n2ccc(NC(=O)c3ccccc3)nc2=O)[C@@H](F)[C@@H]1OC(=O)c1ccccc1)OC(C)(C)C. The molecule has 45 heavy (non-hydrogen) atoms. The van der Waals surface area contributed by atoms with Gasteiger partial charge >= 0.3 is 19.5 Å². The molecule has 1 aliphatic rings. The number of benzene rings is 2. The van der Waals surface area contributed by atoms with E-state index in [0.717, 1.165) is 16.3 Å². The van der Waals surface area contributed by atoms with Crippen molar-refractivity contribution in [2.45, 2.75) is 75.6 Å². The van der Waals surface area contributed by atoms with Crippen molar-refractivity contribution in [1.82, 2.24) is 9.55 Å². The lowest BCUT2D eigenvalue weighted by molar-refractivity contribution is -0.0111.